The van der Waals surface area contributed by atoms with Crippen molar-refractivity contribution in [1.82, 2.24) is 9.80 Å². The maximum absolute atomic E-state index is 15.8. The molecule has 1 fully saturated rings. The van der Waals surface area contributed by atoms with Gasteiger partial charge < -0.3 is 33.7 Å². The molecule has 3 amide bonds. The van der Waals surface area contributed by atoms with Gasteiger partial charge in [-0.2, -0.15) is 0 Å². The molecule has 3 aliphatic rings. The van der Waals surface area contributed by atoms with Crippen LogP contribution in [0.15, 0.2) is 30.4 Å². The molecule has 1 aliphatic carbocycles. The lowest BCUT2D eigenvalue weighted by Crippen LogP contribution is -2.43. The third-order valence-corrected chi connectivity index (χ3v) is 11.0. The first-order valence-corrected chi connectivity index (χ1v) is 18.9. The summed E-state index contributed by atoms with van der Waals surface area (Å²) in [4.78, 5) is 75.7. The van der Waals surface area contributed by atoms with Gasteiger partial charge in [-0.1, -0.05) is 0 Å². The second kappa shape index (κ2) is 17.5. The number of carboxylic acid groups (broad SMARTS) is 1. The molecule has 56 heavy (non-hydrogen) atoms. The largest absolute Gasteiger partial charge is 0.493 e. The van der Waals surface area contributed by atoms with Crippen molar-refractivity contribution in [1.29, 1.82) is 0 Å². The Bertz CT molecular complexity index is 2070. The van der Waals surface area contributed by atoms with E-state index in [1.807, 2.05) is 0 Å². The Labute approximate surface area is 323 Å². The first-order chi connectivity index (χ1) is 26.9. The molecule has 3 heterocycles. The summed E-state index contributed by atoms with van der Waals surface area (Å²) in [6.07, 6.45) is 3.47. The van der Waals surface area contributed by atoms with Gasteiger partial charge in [0.1, 0.15) is 6.10 Å². The van der Waals surface area contributed by atoms with Crippen LogP contribution in [-0.2, 0) is 41.8 Å². The minimum absolute atomic E-state index is 0.0392. The zero-order valence-corrected chi connectivity index (χ0v) is 31.5. The van der Waals surface area contributed by atoms with Crippen LogP contribution in [0.2, 0.25) is 0 Å². The normalized spacial score (nSPS) is 17.6. The third-order valence-electron chi connectivity index (χ3n) is 9.88. The third kappa shape index (κ3) is 8.77. The van der Waals surface area contributed by atoms with Crippen LogP contribution >= 0.6 is 11.3 Å². The van der Waals surface area contributed by atoms with E-state index >= 15 is 8.78 Å². The monoisotopic (exact) mass is 798 g/mol. The maximum Gasteiger partial charge on any atom is 0.306 e. The Balaban J connectivity index is 0.993. The number of methoxy groups -OCH3 is 2. The molecule has 0 saturated heterocycles. The number of esters is 1. The molecular weight excluding hydrogens is 758 g/mol. The number of imide groups is 1. The van der Waals surface area contributed by atoms with Crippen LogP contribution in [0.25, 0.3) is 10.1 Å². The van der Waals surface area contributed by atoms with E-state index < -0.39 is 29.5 Å². The highest BCUT2D eigenvalue weighted by Gasteiger charge is 2.35. The van der Waals surface area contributed by atoms with E-state index in [1.165, 1.54) is 42.2 Å². The predicted molar refractivity (Wildman–Crippen MR) is 195 cm³/mol. The zero-order valence-electron chi connectivity index (χ0n) is 30.7. The average molecular weight is 799 g/mol. The Morgan fingerprint density at radius 1 is 0.821 bits per heavy atom. The summed E-state index contributed by atoms with van der Waals surface area (Å²) in [5, 5.41) is 9.02. The van der Waals surface area contributed by atoms with Crippen molar-refractivity contribution in [3.05, 3.63) is 58.0 Å². The molecule has 0 atom stereocenters. The molecule has 2 aromatic carbocycles. The molecule has 1 aromatic heterocycles. The zero-order chi connectivity index (χ0) is 40.1. The lowest BCUT2D eigenvalue weighted by Gasteiger charge is -2.33. The van der Waals surface area contributed by atoms with Crippen LogP contribution in [0.3, 0.4) is 0 Å². The SMILES string of the molecule is COc1cc2c(c(F)c1OCCCOc1c(OC)cc3sc(C(=O)CCC(=O)OC4CCC(N5C(=O)C=CC5=O)CC4)cc3c1F)CN(C(=O)CCC(=O)O)C2. The van der Waals surface area contributed by atoms with Crippen LogP contribution < -0.4 is 18.9 Å². The molecule has 6 rings (SSSR count). The molecule has 0 unspecified atom stereocenters. The van der Waals surface area contributed by atoms with Gasteiger partial charge in [-0.25, -0.2) is 8.78 Å². The van der Waals surface area contributed by atoms with Crippen LogP contribution in [0, 0.1) is 11.6 Å². The number of fused-ring (bicyclic) bond motifs is 2. The fourth-order valence-corrected chi connectivity index (χ4v) is 8.06. The van der Waals surface area contributed by atoms with E-state index in [2.05, 4.69) is 0 Å². The lowest BCUT2D eigenvalue weighted by molar-refractivity contribution is -0.153. The summed E-state index contributed by atoms with van der Waals surface area (Å²) in [7, 11) is 2.70. The smallest absolute Gasteiger partial charge is 0.306 e. The number of amides is 3. The average Bonchev–Trinajstić information content (AvgIpc) is 3.91. The van der Waals surface area contributed by atoms with Gasteiger partial charge >= 0.3 is 11.9 Å². The standard InChI is InChI=1S/C39H40F2N2O12S/c1-51-27-16-21-19-42(31(45)11-12-34(48)49)20-25(21)37(41)38(27)53-14-3-15-54-39-28(52-2)18-29-24(36(39)40)17-30(56-29)26(44)8-13-35(50)55-23-6-4-22(5-7-23)43-32(46)9-10-33(43)47/h9-10,16-18,22-23H,3-8,11-15,19-20H2,1-2H3,(H,48,49). The van der Waals surface area contributed by atoms with E-state index in [9.17, 15) is 28.8 Å². The number of Topliss-reactive ketones (excluding diaryl/α,β-unsaturated/α-hetero) is 1. The lowest BCUT2D eigenvalue weighted by atomic mass is 9.92. The van der Waals surface area contributed by atoms with Gasteiger partial charge in [0.15, 0.2) is 40.4 Å². The number of halogens is 2. The van der Waals surface area contributed by atoms with Crippen molar-refractivity contribution in [2.45, 2.75) is 83.0 Å². The van der Waals surface area contributed by atoms with E-state index in [0.29, 0.717) is 35.9 Å². The molecule has 1 saturated carbocycles. The van der Waals surface area contributed by atoms with Gasteiger partial charge in [-0.3, -0.25) is 33.7 Å². The second-order valence-electron chi connectivity index (χ2n) is 13.5. The molecule has 14 nitrogen and oxygen atoms in total. The number of hydrogen-bond acceptors (Lipinski definition) is 12. The fraction of sp³-hybridized carbons (Fsp3) is 0.436. The van der Waals surface area contributed by atoms with E-state index in [0.717, 1.165) is 11.3 Å². The highest BCUT2D eigenvalue weighted by Crippen LogP contribution is 2.41. The number of carboxylic acids is 1. The first kappa shape index (κ1) is 40.1. The molecular formula is C39H40F2N2O12S. The van der Waals surface area contributed by atoms with Gasteiger partial charge in [0.2, 0.25) is 5.91 Å². The van der Waals surface area contributed by atoms with Crippen LogP contribution in [0.1, 0.15) is 78.6 Å². The summed E-state index contributed by atoms with van der Waals surface area (Å²) >= 11 is 1.05. The molecule has 17 heteroatoms. The number of nitrogens with zero attached hydrogens (tertiary/aromatic N) is 2. The summed E-state index contributed by atoms with van der Waals surface area (Å²) < 4.78 is 59.5. The van der Waals surface area contributed by atoms with Crippen molar-refractivity contribution in [3.8, 4) is 23.0 Å². The van der Waals surface area contributed by atoms with Gasteiger partial charge in [0.05, 0.1) is 45.2 Å². The Kier molecular flexibility index (Phi) is 12.5. The molecule has 0 radical (unpaired) electrons. The number of thiophene rings is 1. The topological polar surface area (TPSA) is 175 Å². The predicted octanol–water partition coefficient (Wildman–Crippen LogP) is 5.49. The van der Waals surface area contributed by atoms with Crippen molar-refractivity contribution in [2.24, 2.45) is 0 Å². The summed E-state index contributed by atoms with van der Waals surface area (Å²) in [5.41, 5.74) is 0.776. The number of aliphatic carboxylic acids is 1. The van der Waals surface area contributed by atoms with E-state index in [1.54, 1.807) is 12.1 Å². The number of carbonyl (C=O) groups is 6. The Morgan fingerprint density at radius 3 is 2.11 bits per heavy atom. The maximum atomic E-state index is 15.8. The summed E-state index contributed by atoms with van der Waals surface area (Å²) in [6.45, 7) is -0.0236. The number of ether oxygens (including phenoxy) is 5. The van der Waals surface area contributed by atoms with Crippen molar-refractivity contribution in [2.75, 3.05) is 27.4 Å². The molecule has 0 spiro atoms. The van der Waals surface area contributed by atoms with E-state index in [4.69, 9.17) is 28.8 Å². The first-order valence-electron chi connectivity index (χ1n) is 18.1. The number of hydrogen-bond donors (Lipinski definition) is 1. The second-order valence-corrected chi connectivity index (χ2v) is 14.6. The van der Waals surface area contributed by atoms with Crippen LogP contribution in [-0.4, -0.2) is 89.9 Å². The van der Waals surface area contributed by atoms with E-state index in [-0.39, 0.29) is 127 Å². The Morgan fingerprint density at radius 2 is 1.46 bits per heavy atom. The molecule has 298 valence electrons. The highest BCUT2D eigenvalue weighted by molar-refractivity contribution is 7.20. The van der Waals surface area contributed by atoms with Crippen molar-refractivity contribution in [3.63, 3.8) is 0 Å². The number of carbonyl (C=O) groups excluding carboxylic acids is 5. The van der Waals surface area contributed by atoms with Gasteiger partial charge in [-0.05, 0) is 43.4 Å². The highest BCUT2D eigenvalue weighted by atomic mass is 32.1. The quantitative estimate of drug-likeness (QED) is 0.0788. The van der Waals surface area contributed by atoms with Crippen LogP contribution in [0.5, 0.6) is 23.0 Å². The minimum Gasteiger partial charge on any atom is -0.493 e. The number of benzene rings is 2. The van der Waals surface area contributed by atoms with Crippen molar-refractivity contribution >= 4 is 56.9 Å². The molecule has 0 bridgehead atoms. The van der Waals surface area contributed by atoms with Gasteiger partial charge in [0.25, 0.3) is 11.8 Å². The van der Waals surface area contributed by atoms with Crippen LogP contribution in [0.4, 0.5) is 8.78 Å². The van der Waals surface area contributed by atoms with Gasteiger partial charge in [-0.15, -0.1) is 11.3 Å². The summed E-state index contributed by atoms with van der Waals surface area (Å²) in [5.74, 6) is -4.66. The number of rotatable bonds is 17. The minimum atomic E-state index is -1.10. The van der Waals surface area contributed by atoms with Gasteiger partial charge in [0, 0.05) is 72.3 Å². The molecule has 1 N–H and O–H groups in total. The number of ketones is 1. The molecule has 2 aliphatic heterocycles. The van der Waals surface area contributed by atoms with Crippen molar-refractivity contribution < 1.29 is 66.3 Å². The molecule has 3 aromatic rings. The fourth-order valence-electron chi connectivity index (χ4n) is 7.00. The summed E-state index contributed by atoms with van der Waals surface area (Å²) in [6, 6.07) is 4.29. The Hall–Kier alpha value is -5.58.